The van der Waals surface area contributed by atoms with E-state index in [4.69, 9.17) is 0 Å². The minimum Gasteiger partial charge on any atom is -0.503 e. The van der Waals surface area contributed by atoms with Crippen LogP contribution in [0.1, 0.15) is 51.8 Å². The number of hydrogen-bond acceptors (Lipinski definition) is 4. The molecule has 0 saturated carbocycles. The summed E-state index contributed by atoms with van der Waals surface area (Å²) in [5.41, 5.74) is 3.74. The number of amides is 1. The Morgan fingerprint density at radius 1 is 1.00 bits per heavy atom. The number of Topliss-reactive ketones (excluding diaryl/α,β-unsaturated/α-hetero) is 1. The minimum absolute atomic E-state index is 0.0197. The number of ketones is 1. The van der Waals surface area contributed by atoms with E-state index in [1.165, 1.54) is 4.90 Å². The smallest absolute Gasteiger partial charge is 0.294 e. The molecule has 1 aliphatic rings. The van der Waals surface area contributed by atoms with Gasteiger partial charge in [-0.05, 0) is 40.8 Å². The second kappa shape index (κ2) is 8.22. The fraction of sp³-hybridized carbons (Fsp3) is 0.385. The maximum Gasteiger partial charge on any atom is 0.294 e. The molecule has 1 unspecified atom stereocenters. The number of carbonyl (C=O) groups is 2. The Kier molecular flexibility index (Phi) is 5.99. The average Bonchev–Trinajstić information content (AvgIpc) is 2.97. The number of anilines is 2. The highest BCUT2D eigenvalue weighted by Crippen LogP contribution is 2.42. The van der Waals surface area contributed by atoms with Crippen LogP contribution in [0.5, 0.6) is 0 Å². The van der Waals surface area contributed by atoms with E-state index in [9.17, 15) is 14.7 Å². The van der Waals surface area contributed by atoms with Gasteiger partial charge >= 0.3 is 0 Å². The third kappa shape index (κ3) is 4.22. The summed E-state index contributed by atoms with van der Waals surface area (Å²) >= 11 is 0. The number of aliphatic hydroxyl groups excluding tert-OH is 1. The molecule has 0 radical (unpaired) electrons. The van der Waals surface area contributed by atoms with E-state index in [0.29, 0.717) is 5.69 Å². The molecule has 1 atom stereocenters. The molecule has 0 saturated heterocycles. The van der Waals surface area contributed by atoms with Crippen LogP contribution in [-0.4, -0.2) is 30.9 Å². The Labute approximate surface area is 185 Å². The van der Waals surface area contributed by atoms with Crippen molar-refractivity contribution in [1.82, 2.24) is 0 Å². The summed E-state index contributed by atoms with van der Waals surface area (Å²) in [6.07, 6.45) is 0. The molecule has 164 valence electrons. The number of hydrogen-bond donors (Lipinski definition) is 1. The number of aliphatic hydroxyl groups is 1. The molecule has 2 aromatic rings. The predicted molar refractivity (Wildman–Crippen MR) is 126 cm³/mol. The zero-order chi connectivity index (χ0) is 23.1. The molecule has 1 heterocycles. The van der Waals surface area contributed by atoms with Crippen LogP contribution in [-0.2, 0) is 15.0 Å². The van der Waals surface area contributed by atoms with Gasteiger partial charge in [-0.25, -0.2) is 0 Å². The van der Waals surface area contributed by atoms with E-state index >= 15 is 0 Å². The van der Waals surface area contributed by atoms with Crippen LogP contribution >= 0.6 is 0 Å². The second-order valence-electron chi connectivity index (χ2n) is 9.64. The number of carbonyl (C=O) groups excluding carboxylic acids is 2. The van der Waals surface area contributed by atoms with Gasteiger partial charge in [0.15, 0.2) is 11.5 Å². The third-order valence-corrected chi connectivity index (χ3v) is 5.73. The van der Waals surface area contributed by atoms with Gasteiger partial charge in [-0.15, -0.1) is 0 Å². The van der Waals surface area contributed by atoms with Gasteiger partial charge in [0.05, 0.1) is 11.6 Å². The molecular formula is C26H32N2O3. The molecule has 3 rings (SSSR count). The first-order chi connectivity index (χ1) is 14.4. The van der Waals surface area contributed by atoms with E-state index in [2.05, 4.69) is 20.8 Å². The van der Waals surface area contributed by atoms with Crippen LogP contribution in [0, 0.1) is 5.92 Å². The molecule has 0 bridgehead atoms. The van der Waals surface area contributed by atoms with Crippen LogP contribution in [0.15, 0.2) is 59.9 Å². The van der Waals surface area contributed by atoms with Gasteiger partial charge in [-0.3, -0.25) is 14.5 Å². The lowest BCUT2D eigenvalue weighted by molar-refractivity contribution is -0.119. The number of rotatable bonds is 5. The van der Waals surface area contributed by atoms with Gasteiger partial charge in [-0.2, -0.15) is 0 Å². The lowest BCUT2D eigenvalue weighted by atomic mass is 9.87. The fourth-order valence-electron chi connectivity index (χ4n) is 3.83. The monoisotopic (exact) mass is 420 g/mol. The zero-order valence-corrected chi connectivity index (χ0v) is 19.4. The van der Waals surface area contributed by atoms with Gasteiger partial charge in [0.25, 0.3) is 5.91 Å². The summed E-state index contributed by atoms with van der Waals surface area (Å²) in [4.78, 5) is 29.7. The van der Waals surface area contributed by atoms with Crippen molar-refractivity contribution in [3.8, 4) is 0 Å². The van der Waals surface area contributed by atoms with Gasteiger partial charge in [0.2, 0.25) is 0 Å². The van der Waals surface area contributed by atoms with Crippen LogP contribution in [0.2, 0.25) is 0 Å². The predicted octanol–water partition coefficient (Wildman–Crippen LogP) is 5.18. The van der Waals surface area contributed by atoms with Crippen molar-refractivity contribution >= 4 is 23.1 Å². The van der Waals surface area contributed by atoms with Crippen LogP contribution in [0.3, 0.4) is 0 Å². The molecule has 0 fully saturated rings. The molecule has 0 spiro atoms. The van der Waals surface area contributed by atoms with E-state index in [1.807, 2.05) is 67.5 Å². The summed E-state index contributed by atoms with van der Waals surface area (Å²) in [6, 6.07) is 14.8. The maximum absolute atomic E-state index is 13.1. The highest BCUT2D eigenvalue weighted by atomic mass is 16.3. The molecule has 2 aromatic carbocycles. The molecule has 1 amide bonds. The average molecular weight is 421 g/mol. The van der Waals surface area contributed by atoms with Gasteiger partial charge in [0.1, 0.15) is 0 Å². The van der Waals surface area contributed by atoms with E-state index in [-0.39, 0.29) is 22.7 Å². The second-order valence-corrected chi connectivity index (χ2v) is 9.64. The molecule has 1 N–H and O–H groups in total. The van der Waals surface area contributed by atoms with Crippen LogP contribution < -0.4 is 9.80 Å². The fourth-order valence-corrected chi connectivity index (χ4v) is 3.83. The highest BCUT2D eigenvalue weighted by Gasteiger charge is 2.44. The number of benzene rings is 2. The van der Waals surface area contributed by atoms with Crippen molar-refractivity contribution in [3.05, 3.63) is 71.0 Å². The first-order valence-electron chi connectivity index (χ1n) is 10.6. The standard InChI is InChI=1S/C26H32N2O3/c1-16(2)23(29)21-22(17-8-12-19(13-9-17)27(6)7)28(25(31)24(21)30)20-14-10-18(11-15-20)26(3,4)5/h8-16,22,30H,1-7H3. The summed E-state index contributed by atoms with van der Waals surface area (Å²) < 4.78 is 0. The quantitative estimate of drug-likeness (QED) is 0.724. The van der Waals surface area contributed by atoms with Crippen molar-refractivity contribution < 1.29 is 14.7 Å². The first kappa shape index (κ1) is 22.6. The lowest BCUT2D eigenvalue weighted by Gasteiger charge is -2.28. The number of nitrogens with zero attached hydrogens (tertiary/aromatic N) is 2. The Hall–Kier alpha value is -3.08. The van der Waals surface area contributed by atoms with Crippen LogP contribution in [0.4, 0.5) is 11.4 Å². The third-order valence-electron chi connectivity index (χ3n) is 5.73. The van der Waals surface area contributed by atoms with E-state index in [1.54, 1.807) is 13.8 Å². The maximum atomic E-state index is 13.1. The molecular weight excluding hydrogens is 388 g/mol. The first-order valence-corrected chi connectivity index (χ1v) is 10.6. The largest absolute Gasteiger partial charge is 0.503 e. The molecule has 5 heteroatoms. The van der Waals surface area contributed by atoms with Gasteiger partial charge in [0, 0.05) is 31.4 Å². The Balaban J connectivity index is 2.13. The van der Waals surface area contributed by atoms with E-state index < -0.39 is 17.7 Å². The summed E-state index contributed by atoms with van der Waals surface area (Å²) in [5.74, 6) is -1.56. The lowest BCUT2D eigenvalue weighted by Crippen LogP contribution is -2.31. The minimum atomic E-state index is -0.668. The normalized spacial score (nSPS) is 17.0. The molecule has 0 aromatic heterocycles. The van der Waals surface area contributed by atoms with Crippen molar-refractivity contribution in [2.45, 2.75) is 46.1 Å². The van der Waals surface area contributed by atoms with E-state index in [0.717, 1.165) is 16.8 Å². The summed E-state index contributed by atoms with van der Waals surface area (Å²) in [5, 5.41) is 10.7. The van der Waals surface area contributed by atoms with Crippen LogP contribution in [0.25, 0.3) is 0 Å². The van der Waals surface area contributed by atoms with Gasteiger partial charge < -0.3 is 10.0 Å². The molecule has 31 heavy (non-hydrogen) atoms. The van der Waals surface area contributed by atoms with Gasteiger partial charge in [-0.1, -0.05) is 58.9 Å². The summed E-state index contributed by atoms with van der Waals surface area (Å²) in [6.45, 7) is 9.95. The SMILES string of the molecule is CC(C)C(=O)C1=C(O)C(=O)N(c2ccc(C(C)(C)C)cc2)C1c1ccc(N(C)C)cc1. The van der Waals surface area contributed by atoms with Crippen molar-refractivity contribution in [3.63, 3.8) is 0 Å². The molecule has 0 aliphatic carbocycles. The Morgan fingerprint density at radius 2 is 1.55 bits per heavy atom. The molecule has 5 nitrogen and oxygen atoms in total. The van der Waals surface area contributed by atoms with Crippen molar-refractivity contribution in [1.29, 1.82) is 0 Å². The molecule has 1 aliphatic heterocycles. The highest BCUT2D eigenvalue weighted by molar-refractivity contribution is 6.16. The topological polar surface area (TPSA) is 60.9 Å². The Morgan fingerprint density at radius 3 is 2.00 bits per heavy atom. The van der Waals surface area contributed by atoms with Crippen molar-refractivity contribution in [2.24, 2.45) is 5.92 Å². The zero-order valence-electron chi connectivity index (χ0n) is 19.4. The Bertz CT molecular complexity index is 1010. The van der Waals surface area contributed by atoms with Crippen molar-refractivity contribution in [2.75, 3.05) is 23.9 Å². The summed E-state index contributed by atoms with van der Waals surface area (Å²) in [7, 11) is 3.91.